The Balaban J connectivity index is 1.61. The summed E-state index contributed by atoms with van der Waals surface area (Å²) in [5.74, 6) is -4.10. The van der Waals surface area contributed by atoms with Crippen molar-refractivity contribution in [3.63, 3.8) is 0 Å². The van der Waals surface area contributed by atoms with Crippen LogP contribution in [0.3, 0.4) is 0 Å². The molecule has 39 heavy (non-hydrogen) atoms. The van der Waals surface area contributed by atoms with Crippen molar-refractivity contribution in [2.24, 2.45) is 17.8 Å². The summed E-state index contributed by atoms with van der Waals surface area (Å²) in [6.07, 6.45) is 3.53. The van der Waals surface area contributed by atoms with Crippen molar-refractivity contribution in [2.75, 3.05) is 13.2 Å². The average Bonchev–Trinajstić information content (AvgIpc) is 3.66. The zero-order valence-corrected chi connectivity index (χ0v) is 22.7. The first-order chi connectivity index (χ1) is 18.7. The standard InChI is InChI=1S/C28H37N5O6/c1-5-14-31(16-32-19-11-9-8-10-18(19)29-30-32)25(36)23-28-13-12-27(7-3,39-28)22(26(37)38)21(28)24(35)33(23)20(15-34)17(4)6-2/h5,8-11,17,20-23,34H,1,6-7,12-16H2,2-4H3,(H,37,38)/t17-,20-,21-,22+,23?,27-,28?/m0/s1. The Morgan fingerprint density at radius 1 is 1.31 bits per heavy atom. The number of rotatable bonds is 11. The Labute approximate surface area is 227 Å². The Morgan fingerprint density at radius 2 is 2.05 bits per heavy atom. The van der Waals surface area contributed by atoms with Crippen LogP contribution in [0.25, 0.3) is 11.0 Å². The highest BCUT2D eigenvalue weighted by molar-refractivity contribution is 5.98. The van der Waals surface area contributed by atoms with Crippen LogP contribution in [-0.4, -0.2) is 89.2 Å². The van der Waals surface area contributed by atoms with Crippen molar-refractivity contribution < 1.29 is 29.3 Å². The second-order valence-corrected chi connectivity index (χ2v) is 11.1. The minimum absolute atomic E-state index is 0.0546. The number of amides is 2. The highest BCUT2D eigenvalue weighted by Gasteiger charge is 2.79. The molecule has 4 heterocycles. The zero-order valence-electron chi connectivity index (χ0n) is 22.7. The summed E-state index contributed by atoms with van der Waals surface area (Å²) in [5.41, 5.74) is -0.869. The maximum atomic E-state index is 14.6. The van der Waals surface area contributed by atoms with Gasteiger partial charge >= 0.3 is 5.97 Å². The predicted molar refractivity (Wildman–Crippen MR) is 141 cm³/mol. The summed E-state index contributed by atoms with van der Waals surface area (Å²) in [7, 11) is 0. The molecule has 2 unspecified atom stereocenters. The first kappa shape index (κ1) is 27.3. The van der Waals surface area contributed by atoms with Gasteiger partial charge in [-0.25, -0.2) is 4.68 Å². The predicted octanol–water partition coefficient (Wildman–Crippen LogP) is 2.05. The van der Waals surface area contributed by atoms with Crippen LogP contribution >= 0.6 is 0 Å². The molecule has 2 amide bonds. The van der Waals surface area contributed by atoms with Crippen molar-refractivity contribution >= 4 is 28.8 Å². The van der Waals surface area contributed by atoms with Gasteiger partial charge in [-0.3, -0.25) is 14.4 Å². The van der Waals surface area contributed by atoms with E-state index in [1.807, 2.05) is 45.0 Å². The van der Waals surface area contributed by atoms with Gasteiger partial charge in [-0.1, -0.05) is 50.6 Å². The van der Waals surface area contributed by atoms with E-state index in [0.717, 1.165) is 5.52 Å². The topological polar surface area (TPSA) is 138 Å². The number of aliphatic hydroxyl groups excluding tert-OH is 1. The molecule has 3 aliphatic rings. The molecule has 7 atom stereocenters. The Kier molecular flexibility index (Phi) is 7.00. The third-order valence-electron chi connectivity index (χ3n) is 9.35. The number of likely N-dealkylation sites (tertiary alicyclic amines) is 1. The van der Waals surface area contributed by atoms with E-state index in [-0.39, 0.29) is 31.6 Å². The summed E-state index contributed by atoms with van der Waals surface area (Å²) in [5, 5.41) is 29.2. The number of aromatic nitrogens is 3. The lowest BCUT2D eigenvalue weighted by molar-refractivity contribution is -0.161. The van der Waals surface area contributed by atoms with Gasteiger partial charge < -0.3 is 24.7 Å². The molecule has 2 N–H and O–H groups in total. The van der Waals surface area contributed by atoms with E-state index in [0.29, 0.717) is 31.2 Å². The largest absolute Gasteiger partial charge is 0.481 e. The number of hydrogen-bond donors (Lipinski definition) is 2. The Morgan fingerprint density at radius 3 is 2.69 bits per heavy atom. The molecule has 2 bridgehead atoms. The lowest BCUT2D eigenvalue weighted by Gasteiger charge is -2.41. The van der Waals surface area contributed by atoms with Gasteiger partial charge in [-0.15, -0.1) is 11.7 Å². The number of ether oxygens (including phenoxy) is 1. The number of carbonyl (C=O) groups excluding carboxylic acids is 2. The Bertz CT molecular complexity index is 1300. The molecule has 0 aliphatic carbocycles. The molecule has 1 aromatic heterocycles. The summed E-state index contributed by atoms with van der Waals surface area (Å²) in [6, 6.07) is 5.66. The normalized spacial score (nSPS) is 30.9. The van der Waals surface area contributed by atoms with Crippen molar-refractivity contribution in [2.45, 2.75) is 76.4 Å². The lowest BCUT2D eigenvalue weighted by atomic mass is 9.65. The molecule has 0 radical (unpaired) electrons. The quantitative estimate of drug-likeness (QED) is 0.414. The molecule has 1 aromatic carbocycles. The zero-order chi connectivity index (χ0) is 28.1. The van der Waals surface area contributed by atoms with Gasteiger partial charge in [0.2, 0.25) is 11.8 Å². The lowest BCUT2D eigenvalue weighted by Crippen LogP contribution is -2.60. The molecular weight excluding hydrogens is 502 g/mol. The van der Waals surface area contributed by atoms with E-state index in [2.05, 4.69) is 16.9 Å². The number of para-hydroxylation sites is 1. The highest BCUT2D eigenvalue weighted by atomic mass is 16.5. The van der Waals surface area contributed by atoms with E-state index in [1.54, 1.807) is 15.7 Å². The van der Waals surface area contributed by atoms with Crippen LogP contribution in [0.1, 0.15) is 46.5 Å². The van der Waals surface area contributed by atoms with Crippen molar-refractivity contribution in [1.29, 1.82) is 0 Å². The molecule has 3 aliphatic heterocycles. The van der Waals surface area contributed by atoms with Gasteiger partial charge in [0.15, 0.2) is 0 Å². The number of aliphatic carboxylic acids is 1. The van der Waals surface area contributed by atoms with E-state index in [9.17, 15) is 24.6 Å². The van der Waals surface area contributed by atoms with Crippen molar-refractivity contribution in [3.8, 4) is 0 Å². The highest BCUT2D eigenvalue weighted by Crippen LogP contribution is 2.64. The number of carboxylic acid groups (broad SMARTS) is 1. The van der Waals surface area contributed by atoms with Crippen molar-refractivity contribution in [1.82, 2.24) is 24.8 Å². The van der Waals surface area contributed by atoms with Crippen LogP contribution in [0.4, 0.5) is 0 Å². The monoisotopic (exact) mass is 539 g/mol. The second kappa shape index (κ2) is 10.0. The third-order valence-corrected chi connectivity index (χ3v) is 9.35. The van der Waals surface area contributed by atoms with E-state index in [4.69, 9.17) is 4.74 Å². The molecule has 3 fully saturated rings. The fourth-order valence-corrected chi connectivity index (χ4v) is 7.21. The summed E-state index contributed by atoms with van der Waals surface area (Å²) < 4.78 is 8.25. The summed E-state index contributed by atoms with van der Waals surface area (Å²) in [4.78, 5) is 44.4. The number of carboxylic acids is 1. The molecule has 5 rings (SSSR count). The maximum Gasteiger partial charge on any atom is 0.310 e. The van der Waals surface area contributed by atoms with Gasteiger partial charge in [0.05, 0.1) is 29.7 Å². The van der Waals surface area contributed by atoms with Crippen molar-refractivity contribution in [3.05, 3.63) is 36.9 Å². The minimum Gasteiger partial charge on any atom is -0.481 e. The number of hydrogen-bond acceptors (Lipinski definition) is 7. The average molecular weight is 540 g/mol. The molecule has 11 nitrogen and oxygen atoms in total. The number of fused-ring (bicyclic) bond motifs is 2. The van der Waals surface area contributed by atoms with E-state index < -0.39 is 47.0 Å². The van der Waals surface area contributed by atoms with Gasteiger partial charge in [-0.2, -0.15) is 0 Å². The number of carbonyl (C=O) groups is 3. The molecule has 11 heteroatoms. The van der Waals surface area contributed by atoms with E-state index in [1.165, 1.54) is 4.90 Å². The molecule has 1 spiro atoms. The second-order valence-electron chi connectivity index (χ2n) is 11.1. The van der Waals surface area contributed by atoms with Crippen LogP contribution in [0, 0.1) is 17.8 Å². The first-order valence-electron chi connectivity index (χ1n) is 13.7. The first-order valence-corrected chi connectivity index (χ1v) is 13.7. The molecule has 0 saturated carbocycles. The molecule has 2 aromatic rings. The van der Waals surface area contributed by atoms with Gasteiger partial charge in [0, 0.05) is 6.54 Å². The van der Waals surface area contributed by atoms with Crippen LogP contribution in [0.2, 0.25) is 0 Å². The van der Waals surface area contributed by atoms with Gasteiger partial charge in [0.25, 0.3) is 0 Å². The number of benzene rings is 1. The molecule has 210 valence electrons. The molecule has 3 saturated heterocycles. The molecular formula is C28H37N5O6. The fourth-order valence-electron chi connectivity index (χ4n) is 7.21. The van der Waals surface area contributed by atoms with Crippen LogP contribution < -0.4 is 0 Å². The van der Waals surface area contributed by atoms with Gasteiger partial charge in [0.1, 0.15) is 29.7 Å². The SMILES string of the molecule is C=CCN(Cn1nnc2ccccc21)C(=O)C1N([C@@H](CO)[C@@H](C)CC)C(=O)[C@@H]2[C@H](C(=O)O)[C@]3(CC)CCC12O3. The van der Waals surface area contributed by atoms with Gasteiger partial charge in [-0.05, 0) is 37.3 Å². The summed E-state index contributed by atoms with van der Waals surface area (Å²) >= 11 is 0. The van der Waals surface area contributed by atoms with Crippen LogP contribution in [0.5, 0.6) is 0 Å². The number of nitrogens with zero attached hydrogens (tertiary/aromatic N) is 5. The minimum atomic E-state index is -1.29. The summed E-state index contributed by atoms with van der Waals surface area (Å²) in [6.45, 7) is 9.45. The fraction of sp³-hybridized carbons (Fsp3) is 0.607. The smallest absolute Gasteiger partial charge is 0.310 e. The van der Waals surface area contributed by atoms with E-state index >= 15 is 0 Å². The van der Waals surface area contributed by atoms with Crippen LogP contribution in [-0.2, 0) is 25.8 Å². The Hall–Kier alpha value is -3.31. The third kappa shape index (κ3) is 3.88. The maximum absolute atomic E-state index is 14.6. The number of aliphatic hydroxyl groups is 1. The van der Waals surface area contributed by atoms with Crippen LogP contribution in [0.15, 0.2) is 36.9 Å².